The van der Waals surface area contributed by atoms with Crippen molar-refractivity contribution in [2.45, 2.75) is 82.6 Å². The zero-order valence-electron chi connectivity index (χ0n) is 28.8. The fraction of sp³-hybridized carbons (Fsp3) is 0.333. The van der Waals surface area contributed by atoms with Gasteiger partial charge >= 0.3 is 0 Å². The monoisotopic (exact) mass is 689 g/mol. The van der Waals surface area contributed by atoms with Crippen LogP contribution in [0.2, 0.25) is 0 Å². The van der Waals surface area contributed by atoms with Gasteiger partial charge in [-0.1, -0.05) is 38.1 Å². The molecule has 1 unspecified atom stereocenters. The second kappa shape index (κ2) is 12.9. The first-order valence-corrected chi connectivity index (χ1v) is 17.0. The minimum absolute atomic E-state index is 0.0336. The van der Waals surface area contributed by atoms with Gasteiger partial charge in [0.05, 0.1) is 23.5 Å². The van der Waals surface area contributed by atoms with Crippen molar-refractivity contribution in [3.8, 4) is 17.2 Å². The van der Waals surface area contributed by atoms with Crippen LogP contribution in [0.25, 0.3) is 0 Å². The number of aromatic nitrogens is 2. The SMILES string of the molecule is CC(C)(O)c1ncc(Oc2ccc(C(C)(C)c3ccc(O[C@H]4C[C@H](Nc5ccc6c(c5)C(=O)N(C5CCC(=O)NC5=O)C6=O)C4)cc3)cc2)cn1. The van der Waals surface area contributed by atoms with Crippen LogP contribution in [0.1, 0.15) is 91.0 Å². The molecule has 262 valence electrons. The van der Waals surface area contributed by atoms with E-state index in [1.165, 1.54) is 0 Å². The van der Waals surface area contributed by atoms with Crippen LogP contribution in [0.3, 0.4) is 0 Å². The van der Waals surface area contributed by atoms with Crippen molar-refractivity contribution in [2.75, 3.05) is 5.32 Å². The number of benzene rings is 3. The number of rotatable bonds is 10. The highest BCUT2D eigenvalue weighted by atomic mass is 16.5. The zero-order valence-corrected chi connectivity index (χ0v) is 28.8. The first kappa shape index (κ1) is 33.9. The number of nitrogens with one attached hydrogen (secondary N) is 2. The molecule has 0 spiro atoms. The van der Waals surface area contributed by atoms with Gasteiger partial charge in [-0.2, -0.15) is 0 Å². The molecule has 4 amide bonds. The molecule has 1 aromatic heterocycles. The Bertz CT molecular complexity index is 2000. The highest BCUT2D eigenvalue weighted by molar-refractivity contribution is 6.23. The van der Waals surface area contributed by atoms with E-state index >= 15 is 0 Å². The van der Waals surface area contributed by atoms with E-state index in [0.717, 1.165) is 34.6 Å². The molecule has 3 N–H and O–H groups in total. The molecule has 1 aliphatic carbocycles. The van der Waals surface area contributed by atoms with Gasteiger partial charge in [0.15, 0.2) is 11.6 Å². The van der Waals surface area contributed by atoms with Gasteiger partial charge in [0, 0.05) is 36.4 Å². The molecule has 51 heavy (non-hydrogen) atoms. The van der Waals surface area contributed by atoms with Crippen molar-refractivity contribution in [3.63, 3.8) is 0 Å². The summed E-state index contributed by atoms with van der Waals surface area (Å²) in [6.45, 7) is 7.59. The van der Waals surface area contributed by atoms with Crippen LogP contribution in [-0.4, -0.2) is 61.8 Å². The number of piperidine rings is 1. The maximum Gasteiger partial charge on any atom is 0.262 e. The number of fused-ring (bicyclic) bond motifs is 1. The lowest BCUT2D eigenvalue weighted by atomic mass is 9.78. The topological polar surface area (TPSA) is 160 Å². The van der Waals surface area contributed by atoms with E-state index in [4.69, 9.17) is 9.47 Å². The van der Waals surface area contributed by atoms with E-state index in [9.17, 15) is 24.3 Å². The molecule has 2 fully saturated rings. The Kier molecular flexibility index (Phi) is 8.58. The van der Waals surface area contributed by atoms with Gasteiger partial charge in [-0.15, -0.1) is 0 Å². The molecule has 1 saturated carbocycles. The highest BCUT2D eigenvalue weighted by Crippen LogP contribution is 2.36. The van der Waals surface area contributed by atoms with Crippen molar-refractivity contribution in [2.24, 2.45) is 0 Å². The van der Waals surface area contributed by atoms with Crippen LogP contribution in [0, 0.1) is 0 Å². The third-order valence-corrected chi connectivity index (χ3v) is 9.77. The molecule has 12 nitrogen and oxygen atoms in total. The normalized spacial score (nSPS) is 20.4. The van der Waals surface area contributed by atoms with Crippen molar-refractivity contribution < 1.29 is 33.8 Å². The average molecular weight is 690 g/mol. The molecule has 0 bridgehead atoms. The van der Waals surface area contributed by atoms with E-state index < -0.39 is 35.3 Å². The smallest absolute Gasteiger partial charge is 0.262 e. The Morgan fingerprint density at radius 2 is 1.41 bits per heavy atom. The van der Waals surface area contributed by atoms with Crippen molar-refractivity contribution in [1.82, 2.24) is 20.2 Å². The number of carbonyl (C=O) groups is 4. The van der Waals surface area contributed by atoms with Crippen molar-refractivity contribution >= 4 is 29.3 Å². The predicted octanol–water partition coefficient (Wildman–Crippen LogP) is 5.25. The standard InChI is InChI=1S/C39H39N5O7/c1-38(2,23-7-12-27(13-8-23)51-29-20-40-37(41-21-29)39(3,4)49)22-5-10-26(11-6-22)50-28-17-25(18-28)42-24-9-14-30-31(19-24)36(48)44(35(30)47)32-15-16-33(45)43-34(32)46/h5-14,19-21,25,28,32,42,49H,15-18H2,1-4H3,(H,43,45,46)/t25-,28-,32?. The third-order valence-electron chi connectivity index (χ3n) is 9.77. The summed E-state index contributed by atoms with van der Waals surface area (Å²) in [5, 5.41) is 15.7. The first-order chi connectivity index (χ1) is 24.3. The third kappa shape index (κ3) is 6.79. The quantitative estimate of drug-likeness (QED) is 0.188. The van der Waals surface area contributed by atoms with Gasteiger partial charge in [0.2, 0.25) is 11.8 Å². The van der Waals surface area contributed by atoms with Crippen molar-refractivity contribution in [1.29, 1.82) is 0 Å². The lowest BCUT2D eigenvalue weighted by molar-refractivity contribution is -0.136. The summed E-state index contributed by atoms with van der Waals surface area (Å²) in [5.74, 6) is 0.174. The van der Waals surface area contributed by atoms with Gasteiger partial charge < -0.3 is 19.9 Å². The Morgan fingerprint density at radius 3 is 2.02 bits per heavy atom. The van der Waals surface area contributed by atoms with Gasteiger partial charge in [0.25, 0.3) is 11.8 Å². The molecule has 1 saturated heterocycles. The summed E-state index contributed by atoms with van der Waals surface area (Å²) < 4.78 is 12.2. The van der Waals surface area contributed by atoms with Crippen LogP contribution in [0.15, 0.2) is 79.1 Å². The number of hydrogen-bond acceptors (Lipinski definition) is 10. The average Bonchev–Trinajstić information content (AvgIpc) is 3.32. The van der Waals surface area contributed by atoms with Gasteiger partial charge in [-0.3, -0.25) is 29.4 Å². The van der Waals surface area contributed by atoms with E-state index in [2.05, 4.69) is 46.6 Å². The molecular formula is C39H39N5O7. The van der Waals surface area contributed by atoms with E-state index in [-0.39, 0.29) is 41.5 Å². The summed E-state index contributed by atoms with van der Waals surface area (Å²) in [5.41, 5.74) is 2.06. The molecule has 12 heteroatoms. The molecule has 3 aromatic carbocycles. The molecule has 3 heterocycles. The van der Waals surface area contributed by atoms with Crippen molar-refractivity contribution in [3.05, 3.63) is 107 Å². The van der Waals surface area contributed by atoms with E-state index in [0.29, 0.717) is 23.0 Å². The Labute approximate surface area is 295 Å². The summed E-state index contributed by atoms with van der Waals surface area (Å²) in [4.78, 5) is 59.4. The molecule has 3 aliphatic rings. The Balaban J connectivity index is 0.909. The number of nitrogens with zero attached hydrogens (tertiary/aromatic N) is 3. The minimum Gasteiger partial charge on any atom is -0.490 e. The van der Waals surface area contributed by atoms with Gasteiger partial charge in [0.1, 0.15) is 29.2 Å². The lowest BCUT2D eigenvalue weighted by Gasteiger charge is -2.36. The number of carbonyl (C=O) groups excluding carboxylic acids is 4. The number of aliphatic hydroxyl groups is 1. The number of ether oxygens (including phenoxy) is 2. The van der Waals surface area contributed by atoms with E-state index in [1.807, 2.05) is 36.4 Å². The number of imide groups is 2. The fourth-order valence-corrected chi connectivity index (χ4v) is 6.65. The molecule has 2 aliphatic heterocycles. The second-order valence-electron chi connectivity index (χ2n) is 14.3. The number of anilines is 1. The van der Waals surface area contributed by atoms with E-state index in [1.54, 1.807) is 44.4 Å². The van der Waals surface area contributed by atoms with Gasteiger partial charge in [-0.05, 0) is 73.9 Å². The molecule has 0 radical (unpaired) electrons. The number of hydrogen-bond donors (Lipinski definition) is 3. The Hall–Kier alpha value is -5.62. The van der Waals surface area contributed by atoms with Crippen LogP contribution < -0.4 is 20.1 Å². The fourth-order valence-electron chi connectivity index (χ4n) is 6.65. The summed E-state index contributed by atoms with van der Waals surface area (Å²) >= 11 is 0. The second-order valence-corrected chi connectivity index (χ2v) is 14.3. The predicted molar refractivity (Wildman–Crippen MR) is 187 cm³/mol. The molecule has 4 aromatic rings. The summed E-state index contributed by atoms with van der Waals surface area (Å²) in [6.07, 6.45) is 4.86. The Morgan fingerprint density at radius 1 is 0.804 bits per heavy atom. The number of amides is 4. The van der Waals surface area contributed by atoms with Crippen LogP contribution in [0.5, 0.6) is 17.2 Å². The highest BCUT2D eigenvalue weighted by Gasteiger charge is 2.45. The summed E-state index contributed by atoms with van der Waals surface area (Å²) in [6, 6.07) is 20.2. The zero-order chi connectivity index (χ0) is 36.1. The van der Waals surface area contributed by atoms with Crippen LogP contribution in [0.4, 0.5) is 5.69 Å². The van der Waals surface area contributed by atoms with Crippen LogP contribution in [-0.2, 0) is 20.6 Å². The first-order valence-electron chi connectivity index (χ1n) is 17.0. The summed E-state index contributed by atoms with van der Waals surface area (Å²) in [7, 11) is 0. The lowest BCUT2D eigenvalue weighted by Crippen LogP contribution is -2.54. The minimum atomic E-state index is -1.12. The van der Waals surface area contributed by atoms with Gasteiger partial charge in [-0.25, -0.2) is 9.97 Å². The molecular weight excluding hydrogens is 650 g/mol. The molecule has 7 rings (SSSR count). The van der Waals surface area contributed by atoms with Crippen LogP contribution >= 0.6 is 0 Å². The molecule has 1 atom stereocenters. The maximum atomic E-state index is 13.2. The maximum absolute atomic E-state index is 13.2. The largest absolute Gasteiger partial charge is 0.490 e.